The highest BCUT2D eigenvalue weighted by atomic mass is 32.2. The van der Waals surface area contributed by atoms with Gasteiger partial charge in [0.15, 0.2) is 23.1 Å². The molecule has 140 heavy (non-hydrogen) atoms. The van der Waals surface area contributed by atoms with Gasteiger partial charge in [-0.25, -0.2) is 10.5 Å². The second-order valence-electron chi connectivity index (χ2n) is 30.2. The number of aromatic nitrogens is 8. The normalized spacial score (nSPS) is 12.5. The summed E-state index contributed by atoms with van der Waals surface area (Å²) in [4.78, 5) is 110. The van der Waals surface area contributed by atoms with Gasteiger partial charge in [0.05, 0.1) is 111 Å². The van der Waals surface area contributed by atoms with Crippen molar-refractivity contribution in [2.75, 3.05) is 31.9 Å². The Bertz CT molecular complexity index is 8730. The van der Waals surface area contributed by atoms with Crippen LogP contribution in [0.1, 0.15) is 74.8 Å². The number of carbonyl (C=O) groups is 4. The molecule has 54 heteroatoms. The number of hydrogen-bond acceptors (Lipinski definition) is 40. The van der Waals surface area contributed by atoms with Crippen LogP contribution in [-0.4, -0.2) is 151 Å². The molecule has 0 bridgehead atoms. The fraction of sp³-hybridized carbons (Fsp3) is 0.0465. The highest BCUT2D eigenvalue weighted by Crippen LogP contribution is 2.49. The molecule has 17 rings (SSSR count). The molecule has 4 heterocycles. The Morgan fingerprint density at radius 2 is 0.743 bits per heavy atom. The van der Waals surface area contributed by atoms with Crippen molar-refractivity contribution < 1.29 is 136 Å². The summed E-state index contributed by atoms with van der Waals surface area (Å²) in [6, 6.07) is 43.3. The molecule has 4 aromatic heterocycles. The number of benzene rings is 11. The van der Waals surface area contributed by atoms with Crippen molar-refractivity contribution in [3.8, 4) is 45.8 Å². The summed E-state index contributed by atoms with van der Waals surface area (Å²) in [6.07, 6.45) is 0. The second kappa shape index (κ2) is 37.6. The van der Waals surface area contributed by atoms with Gasteiger partial charge in [0.25, 0.3) is 71.8 Å². The van der Waals surface area contributed by atoms with Crippen LogP contribution >= 0.6 is 24.1 Å². The largest absolute Gasteiger partial charge is 0.424 e. The van der Waals surface area contributed by atoms with Crippen molar-refractivity contribution in [3.05, 3.63) is 295 Å². The molecule has 11 aromatic carbocycles. The molecule has 2 aliphatic carbocycles. The number of hydrogen-bond donors (Lipinski definition) is 14. The molecule has 2 aliphatic rings. The SMILES string of the molecule is Cn1c(=O)c(C(=O)c2cccc(S(=O)(=O)O)c2)c2c3c(c(Nc4cc(Nc5nc(NCc6cccc(CNc7nc(Nc8cc(Nc9ccc%10c%11c9C(=O)c9ccccc9-c%11c(C(=O)c9cccc(S(=O)(=O)O)c9)c(=O)n%10C)c(S(=O)(=O)O)cc8S(=O)(=O)O)nc(Oc8ccc(SOOO)cc8)n7)c6)nc(Oc6ccc(S(=O)(=O)O)cc6)n5)c(SOOO)cc4S(=O)(=O)O)ccc31)C(=O)c1ccccc1-2. The first-order chi connectivity index (χ1) is 66.4. The third kappa shape index (κ3) is 19.6. The molecular weight excluding hydrogens is 2000 g/mol. The van der Waals surface area contributed by atoms with Crippen molar-refractivity contribution in [1.82, 2.24) is 39.0 Å². The van der Waals surface area contributed by atoms with E-state index in [4.69, 9.17) is 19.1 Å². The van der Waals surface area contributed by atoms with E-state index in [1.807, 2.05) is 0 Å². The molecule has 0 unspecified atom stereocenters. The Balaban J connectivity index is 0.704. The van der Waals surface area contributed by atoms with E-state index in [0.29, 0.717) is 34.1 Å². The number of ether oxygens (including phenoxy) is 2. The molecule has 714 valence electrons. The summed E-state index contributed by atoms with van der Waals surface area (Å²) < 4.78 is 241. The molecule has 0 aliphatic heterocycles. The Kier molecular flexibility index (Phi) is 26.0. The Morgan fingerprint density at radius 1 is 0.357 bits per heavy atom. The second-order valence-corrected chi connectivity index (χ2v) is 40.1. The van der Waals surface area contributed by atoms with Crippen LogP contribution < -0.4 is 52.5 Å². The minimum atomic E-state index is -5.61. The summed E-state index contributed by atoms with van der Waals surface area (Å²) in [6.45, 7) is -0.410. The van der Waals surface area contributed by atoms with E-state index in [1.165, 1.54) is 123 Å². The molecule has 14 N–H and O–H groups in total. The van der Waals surface area contributed by atoms with E-state index in [1.54, 1.807) is 24.3 Å². The summed E-state index contributed by atoms with van der Waals surface area (Å²) in [5.74, 6) is -5.57. The fourth-order valence-electron chi connectivity index (χ4n) is 15.5. The van der Waals surface area contributed by atoms with E-state index in [-0.39, 0.29) is 148 Å². The van der Waals surface area contributed by atoms with Crippen molar-refractivity contribution >= 4 is 188 Å². The predicted molar refractivity (Wildman–Crippen MR) is 496 cm³/mol. The van der Waals surface area contributed by atoms with E-state index in [9.17, 15) is 102 Å². The van der Waals surface area contributed by atoms with Crippen molar-refractivity contribution in [1.29, 1.82) is 0 Å². The van der Waals surface area contributed by atoms with Crippen LogP contribution in [0, 0.1) is 0 Å². The first kappa shape index (κ1) is 96.5. The minimum absolute atomic E-state index is 0.0123. The predicted octanol–water partition coefficient (Wildman–Crippen LogP) is 12.8. The number of rotatable bonds is 34. The molecule has 46 nitrogen and oxygen atoms in total. The Hall–Kier alpha value is -15.1. The van der Waals surface area contributed by atoms with Gasteiger partial charge in [0.2, 0.25) is 23.8 Å². The fourth-order valence-corrected chi connectivity index (χ4v) is 19.9. The monoisotopic (exact) mass is 2060 g/mol. The standard InChI is InChI=1S/C86H60N14O32S8/c1-99-61-30-28-55(69-71(61)67(51-16-3-5-18-53(51)77(69)103)73(79(99)105)75(101)43-12-8-14-49(33-43)136(112,113)114)89-58-35-57(63(134-132-130-108)37-64(58)138(118,119)120)91-83-93-81(95-85(97-83)128-46-22-26-48(27-23-46)135(109,110)111)87-39-41-10-7-11-42(32-41)40-88-82-94-84(98-86(96-82)127-45-20-24-47(25-21-45)133-131-129-107)92-60-36-59(65(139(121,122)123)38-66(60)140(124,125)126)90-56-29-31-62-72-68(52-17-4-6-19-54(52)78(104)70(56)72)74(80(106)100(62)2)76(102)44-13-9-15-50(34-44)137(115,116)117/h3-38,89-90,107-108H,39-40H2,1-2H3,(H,109,110,111)(H,112,113,114)(H,115,116,117)(H,118,119,120)(H,121,122,123)(H,124,125,126)(H2,87,91,93,95,97)(H2,88,92,94,96,98). The van der Waals surface area contributed by atoms with E-state index in [0.717, 1.165) is 88.0 Å². The summed E-state index contributed by atoms with van der Waals surface area (Å²) in [5, 5.41) is 42.9. The molecule has 15 aromatic rings. The Morgan fingerprint density at radius 3 is 1.17 bits per heavy atom. The van der Waals surface area contributed by atoms with E-state index in [2.05, 4.69) is 76.2 Å². The van der Waals surface area contributed by atoms with Gasteiger partial charge >= 0.3 is 12.0 Å². The maximum absolute atomic E-state index is 15.1. The summed E-state index contributed by atoms with van der Waals surface area (Å²) in [5.41, 5.74) is -6.51. The summed E-state index contributed by atoms with van der Waals surface area (Å²) >= 11 is 0.734. The van der Waals surface area contributed by atoms with Crippen LogP contribution in [0.25, 0.3) is 44.1 Å². The van der Waals surface area contributed by atoms with Gasteiger partial charge in [-0.15, -0.1) is 8.67 Å². The number of pyridine rings is 2. The van der Waals surface area contributed by atoms with Gasteiger partial charge in [-0.1, -0.05) is 107 Å². The number of aryl methyl sites for hydroxylation is 2. The van der Waals surface area contributed by atoms with Crippen LogP contribution in [0.5, 0.6) is 23.5 Å². The van der Waals surface area contributed by atoms with Gasteiger partial charge in [0.1, 0.15) is 26.2 Å². The number of ketones is 4. The molecule has 0 atom stereocenters. The van der Waals surface area contributed by atoms with Crippen LogP contribution in [0.4, 0.5) is 57.9 Å². The van der Waals surface area contributed by atoms with Crippen LogP contribution in [0.2, 0.25) is 0 Å². The van der Waals surface area contributed by atoms with Gasteiger partial charge in [-0.2, -0.15) is 80.4 Å². The lowest BCUT2D eigenvalue weighted by atomic mass is 9.80. The van der Waals surface area contributed by atoms with Crippen LogP contribution in [0.15, 0.2) is 267 Å². The lowest BCUT2D eigenvalue weighted by Gasteiger charge is -2.26. The minimum Gasteiger partial charge on any atom is -0.424 e. The quantitative estimate of drug-likeness (QED) is 0.00585. The van der Waals surface area contributed by atoms with Gasteiger partial charge < -0.3 is 50.5 Å². The molecule has 0 saturated heterocycles. The third-order valence-corrected chi connectivity index (χ3v) is 28.0. The topological polar surface area (TPSA) is 684 Å². The molecule has 0 fully saturated rings. The molecule has 0 amide bonds. The number of anilines is 10. The lowest BCUT2D eigenvalue weighted by molar-refractivity contribution is -0.432. The number of nitrogens with one attached hydrogen (secondary N) is 6. The van der Waals surface area contributed by atoms with Crippen molar-refractivity contribution in [2.24, 2.45) is 14.1 Å². The first-order valence-corrected chi connectivity index (χ1v) is 49.7. The molecule has 0 saturated carbocycles. The molecule has 0 radical (unpaired) electrons. The maximum atomic E-state index is 15.1. The summed E-state index contributed by atoms with van der Waals surface area (Å²) in [7, 11) is -28.6. The van der Waals surface area contributed by atoms with E-state index < -0.39 is 176 Å². The maximum Gasteiger partial charge on any atom is 0.328 e. The van der Waals surface area contributed by atoms with Gasteiger partial charge in [-0.05, 0) is 144 Å². The molecular formula is C86H60N14O32S8. The van der Waals surface area contributed by atoms with Crippen LogP contribution in [-0.2, 0) is 107 Å². The van der Waals surface area contributed by atoms with Crippen molar-refractivity contribution in [2.45, 2.75) is 52.3 Å². The number of carbonyl (C=O) groups excluding carboxylic acids is 4. The average molecular weight is 2060 g/mol. The van der Waals surface area contributed by atoms with Crippen LogP contribution in [0.3, 0.4) is 0 Å². The highest BCUT2D eigenvalue weighted by molar-refractivity contribution is 7.95. The van der Waals surface area contributed by atoms with Gasteiger partial charge in [0, 0.05) is 76.2 Å². The van der Waals surface area contributed by atoms with E-state index >= 15 is 9.59 Å². The highest BCUT2D eigenvalue weighted by Gasteiger charge is 2.39. The van der Waals surface area contributed by atoms with Crippen molar-refractivity contribution in [3.63, 3.8) is 0 Å². The smallest absolute Gasteiger partial charge is 0.328 e. The first-order valence-electron chi connectivity index (χ1n) is 39.6. The average Bonchev–Trinajstić information content (AvgIpc) is 0.707. The lowest BCUT2D eigenvalue weighted by Crippen LogP contribution is -2.29. The van der Waals surface area contributed by atoms with Gasteiger partial charge in [-0.3, -0.25) is 56.1 Å². The third-order valence-electron chi connectivity index (χ3n) is 21.5. The number of nitrogens with zero attached hydrogens (tertiary/aromatic N) is 8. The zero-order valence-corrected chi connectivity index (χ0v) is 77.0. The number of fused-ring (bicyclic) bond motifs is 4. The molecule has 0 spiro atoms. The zero-order valence-electron chi connectivity index (χ0n) is 70.4. The zero-order chi connectivity index (χ0) is 99.7. The Labute approximate surface area is 795 Å².